The Bertz CT molecular complexity index is 393. The summed E-state index contributed by atoms with van der Waals surface area (Å²) in [6, 6.07) is 5.83. The summed E-state index contributed by atoms with van der Waals surface area (Å²) in [5.74, 6) is -0.397. The summed E-state index contributed by atoms with van der Waals surface area (Å²) in [4.78, 5) is 11.1. The molecule has 0 saturated heterocycles. The number of aliphatic carboxylic acids is 1. The molecule has 0 fully saturated rings. The van der Waals surface area contributed by atoms with Gasteiger partial charge in [0, 0.05) is 6.54 Å². The van der Waals surface area contributed by atoms with E-state index in [1.54, 1.807) is 0 Å². The molecule has 1 atom stereocenters. The molecule has 0 saturated carbocycles. The molecule has 1 rings (SSSR count). The summed E-state index contributed by atoms with van der Waals surface area (Å²) >= 11 is 0. The highest BCUT2D eigenvalue weighted by Gasteiger charge is 2.17. The van der Waals surface area contributed by atoms with Crippen molar-refractivity contribution in [2.45, 2.75) is 46.7 Å². The molecule has 0 aliphatic rings. The highest BCUT2D eigenvalue weighted by molar-refractivity contribution is 5.73. The predicted molar refractivity (Wildman–Crippen MR) is 73.6 cm³/mol. The van der Waals surface area contributed by atoms with Gasteiger partial charge in [0.25, 0.3) is 0 Å². The number of hydrogen-bond acceptors (Lipinski definition) is 2. The zero-order chi connectivity index (χ0) is 13.7. The van der Waals surface area contributed by atoms with Gasteiger partial charge in [0.2, 0.25) is 0 Å². The van der Waals surface area contributed by atoms with E-state index in [0.717, 1.165) is 5.56 Å². The topological polar surface area (TPSA) is 49.3 Å². The average Bonchev–Trinajstić information content (AvgIpc) is 2.21. The lowest BCUT2D eigenvalue weighted by Crippen LogP contribution is -2.37. The molecule has 0 unspecified atom stereocenters. The third-order valence-electron chi connectivity index (χ3n) is 2.84. The largest absolute Gasteiger partial charge is 0.480 e. The van der Waals surface area contributed by atoms with Crippen molar-refractivity contribution >= 4 is 5.97 Å². The molecule has 0 aliphatic carbocycles. The van der Waals surface area contributed by atoms with Crippen LogP contribution in [0, 0.1) is 19.8 Å². The van der Waals surface area contributed by atoms with Crippen LogP contribution in [0.3, 0.4) is 0 Å². The van der Waals surface area contributed by atoms with Gasteiger partial charge in [-0.1, -0.05) is 43.2 Å². The summed E-state index contributed by atoms with van der Waals surface area (Å²) in [5, 5.41) is 12.3. The molecule has 0 aliphatic heterocycles. The van der Waals surface area contributed by atoms with Crippen LogP contribution in [0.4, 0.5) is 0 Å². The Kier molecular flexibility index (Phi) is 5.35. The molecular formula is C15H23NO2. The number of carboxylic acid groups (broad SMARTS) is 1. The third-order valence-corrected chi connectivity index (χ3v) is 2.84. The Labute approximate surface area is 109 Å². The van der Waals surface area contributed by atoms with Crippen LogP contribution in [0.2, 0.25) is 0 Å². The minimum Gasteiger partial charge on any atom is -0.480 e. The number of aryl methyl sites for hydroxylation is 2. The second kappa shape index (κ2) is 6.55. The maximum Gasteiger partial charge on any atom is 0.320 e. The van der Waals surface area contributed by atoms with Crippen molar-refractivity contribution in [1.29, 1.82) is 0 Å². The fraction of sp³-hybridized carbons (Fsp3) is 0.533. The minimum atomic E-state index is -0.770. The van der Waals surface area contributed by atoms with E-state index in [-0.39, 0.29) is 0 Å². The Morgan fingerprint density at radius 1 is 1.22 bits per heavy atom. The quantitative estimate of drug-likeness (QED) is 0.815. The number of rotatable bonds is 6. The van der Waals surface area contributed by atoms with Crippen molar-refractivity contribution in [2.75, 3.05) is 0 Å². The number of hydrogen-bond donors (Lipinski definition) is 2. The van der Waals surface area contributed by atoms with Gasteiger partial charge in [-0.25, -0.2) is 0 Å². The van der Waals surface area contributed by atoms with Gasteiger partial charge in [0.15, 0.2) is 0 Å². The maximum atomic E-state index is 11.1. The first-order valence-corrected chi connectivity index (χ1v) is 6.42. The van der Waals surface area contributed by atoms with E-state index < -0.39 is 12.0 Å². The Balaban J connectivity index is 2.63. The molecule has 18 heavy (non-hydrogen) atoms. The minimum absolute atomic E-state index is 0.373. The van der Waals surface area contributed by atoms with Gasteiger partial charge in [0.05, 0.1) is 0 Å². The molecule has 0 amide bonds. The summed E-state index contributed by atoms with van der Waals surface area (Å²) in [7, 11) is 0. The van der Waals surface area contributed by atoms with Gasteiger partial charge < -0.3 is 10.4 Å². The summed E-state index contributed by atoms with van der Waals surface area (Å²) in [5.41, 5.74) is 3.56. The van der Waals surface area contributed by atoms with E-state index in [4.69, 9.17) is 5.11 Å². The van der Waals surface area contributed by atoms with Gasteiger partial charge in [0.1, 0.15) is 6.04 Å². The lowest BCUT2D eigenvalue weighted by atomic mass is 10.0. The summed E-state index contributed by atoms with van der Waals surface area (Å²) < 4.78 is 0. The van der Waals surface area contributed by atoms with Gasteiger partial charge in [-0.15, -0.1) is 0 Å². The molecule has 1 aromatic carbocycles. The third kappa shape index (κ3) is 4.88. The first kappa shape index (κ1) is 14.7. The molecule has 0 heterocycles. The van der Waals surface area contributed by atoms with Crippen molar-refractivity contribution in [2.24, 2.45) is 5.92 Å². The van der Waals surface area contributed by atoms with Crippen LogP contribution in [0.1, 0.15) is 37.0 Å². The van der Waals surface area contributed by atoms with Crippen LogP contribution in [-0.4, -0.2) is 17.1 Å². The number of benzene rings is 1. The molecule has 0 radical (unpaired) electrons. The molecule has 100 valence electrons. The van der Waals surface area contributed by atoms with Gasteiger partial charge in [-0.05, 0) is 31.7 Å². The Morgan fingerprint density at radius 3 is 2.22 bits per heavy atom. The average molecular weight is 249 g/mol. The van der Waals surface area contributed by atoms with Gasteiger partial charge >= 0.3 is 5.97 Å². The van der Waals surface area contributed by atoms with Crippen LogP contribution in [-0.2, 0) is 11.3 Å². The summed E-state index contributed by atoms with van der Waals surface area (Å²) in [6.45, 7) is 8.79. The normalized spacial score (nSPS) is 12.7. The molecule has 1 aromatic rings. The Hall–Kier alpha value is -1.35. The molecule has 0 aromatic heterocycles. The zero-order valence-electron chi connectivity index (χ0n) is 11.7. The first-order chi connectivity index (χ1) is 8.38. The molecule has 3 nitrogen and oxygen atoms in total. The van der Waals surface area contributed by atoms with E-state index >= 15 is 0 Å². The van der Waals surface area contributed by atoms with Crippen LogP contribution >= 0.6 is 0 Å². The highest BCUT2D eigenvalue weighted by atomic mass is 16.4. The molecule has 0 spiro atoms. The van der Waals surface area contributed by atoms with E-state index in [1.165, 1.54) is 11.1 Å². The summed E-state index contributed by atoms with van der Waals surface area (Å²) in [6.07, 6.45) is 0.653. The predicted octanol–water partition coefficient (Wildman–Crippen LogP) is 2.89. The van der Waals surface area contributed by atoms with Gasteiger partial charge in [-0.2, -0.15) is 0 Å². The maximum absolute atomic E-state index is 11.1. The Morgan fingerprint density at radius 2 is 1.78 bits per heavy atom. The number of carbonyl (C=O) groups is 1. The van der Waals surface area contributed by atoms with E-state index in [2.05, 4.69) is 37.4 Å². The van der Waals surface area contributed by atoms with Crippen molar-refractivity contribution in [1.82, 2.24) is 5.32 Å². The fourth-order valence-electron chi connectivity index (χ4n) is 2.15. The molecular weight excluding hydrogens is 226 g/mol. The smallest absolute Gasteiger partial charge is 0.320 e. The van der Waals surface area contributed by atoms with E-state index in [0.29, 0.717) is 18.9 Å². The second-order valence-corrected chi connectivity index (χ2v) is 5.40. The van der Waals surface area contributed by atoms with Crippen molar-refractivity contribution < 1.29 is 9.90 Å². The van der Waals surface area contributed by atoms with E-state index in [9.17, 15) is 4.79 Å². The standard InChI is InChI=1S/C15H23NO2/c1-10(2)5-14(15(17)18)16-9-13-7-11(3)6-12(4)8-13/h6-8,10,14,16H,5,9H2,1-4H3,(H,17,18)/t14-/m1/s1. The monoisotopic (exact) mass is 249 g/mol. The molecule has 3 heteroatoms. The second-order valence-electron chi connectivity index (χ2n) is 5.40. The van der Waals surface area contributed by atoms with Crippen LogP contribution < -0.4 is 5.32 Å². The first-order valence-electron chi connectivity index (χ1n) is 6.42. The number of carboxylic acids is 1. The van der Waals surface area contributed by atoms with Crippen LogP contribution in [0.25, 0.3) is 0 Å². The van der Waals surface area contributed by atoms with Crippen molar-refractivity contribution in [3.8, 4) is 0 Å². The number of nitrogens with one attached hydrogen (secondary N) is 1. The van der Waals surface area contributed by atoms with E-state index in [1.807, 2.05) is 13.8 Å². The van der Waals surface area contributed by atoms with Crippen LogP contribution in [0.15, 0.2) is 18.2 Å². The zero-order valence-corrected chi connectivity index (χ0v) is 11.7. The fourth-order valence-corrected chi connectivity index (χ4v) is 2.15. The van der Waals surface area contributed by atoms with Gasteiger partial charge in [-0.3, -0.25) is 4.79 Å². The molecule has 2 N–H and O–H groups in total. The highest BCUT2D eigenvalue weighted by Crippen LogP contribution is 2.10. The lowest BCUT2D eigenvalue weighted by molar-refractivity contribution is -0.140. The van der Waals surface area contributed by atoms with Crippen molar-refractivity contribution in [3.05, 3.63) is 34.9 Å². The lowest BCUT2D eigenvalue weighted by Gasteiger charge is -2.16. The van der Waals surface area contributed by atoms with Crippen molar-refractivity contribution in [3.63, 3.8) is 0 Å². The van der Waals surface area contributed by atoms with Crippen LogP contribution in [0.5, 0.6) is 0 Å². The SMILES string of the molecule is Cc1cc(C)cc(CN[C@H](CC(C)C)C(=O)O)c1. The molecule has 0 bridgehead atoms.